The second kappa shape index (κ2) is 2.74. The van der Waals surface area contributed by atoms with Crippen molar-refractivity contribution >= 4 is 16.7 Å². The lowest BCUT2D eigenvalue weighted by Crippen LogP contribution is -1.93. The van der Waals surface area contributed by atoms with Gasteiger partial charge in [-0.25, -0.2) is 0 Å². The largest absolute Gasteiger partial charge is 0.398 e. The Morgan fingerprint density at radius 3 is 3.15 bits per heavy atom. The van der Waals surface area contributed by atoms with E-state index in [2.05, 4.69) is 5.16 Å². The highest BCUT2D eigenvalue weighted by Gasteiger charge is 2.10. The van der Waals surface area contributed by atoms with Crippen LogP contribution in [0, 0.1) is 6.92 Å². The molecule has 2 aromatic rings. The first-order valence-electron chi connectivity index (χ1n) is 4.78. The van der Waals surface area contributed by atoms with Crippen LogP contribution in [0.25, 0.3) is 11.0 Å². The number of aryl methyl sites for hydroxylation is 1. The smallest absolute Gasteiger partial charge is 0.174 e. The van der Waals surface area contributed by atoms with Gasteiger partial charge in [-0.15, -0.1) is 0 Å². The molecule has 0 atom stereocenters. The number of hydrogen-bond donors (Lipinski definition) is 2. The summed E-state index contributed by atoms with van der Waals surface area (Å²) in [4.78, 5) is 0. The van der Waals surface area contributed by atoms with Gasteiger partial charge in [0.1, 0.15) is 0 Å². The molecule has 13 heavy (non-hydrogen) atoms. The molecule has 0 unspecified atom stereocenters. The van der Waals surface area contributed by atoms with E-state index in [0.717, 1.165) is 0 Å². The first-order valence-corrected chi connectivity index (χ1v) is 3.78. The van der Waals surface area contributed by atoms with Crippen molar-refractivity contribution in [2.45, 2.75) is 13.5 Å². The lowest BCUT2D eigenvalue weighted by atomic mass is 10.1. The van der Waals surface area contributed by atoms with E-state index in [1.54, 1.807) is 13.0 Å². The van der Waals surface area contributed by atoms with Crippen molar-refractivity contribution in [1.29, 1.82) is 0 Å². The van der Waals surface area contributed by atoms with Crippen LogP contribution in [-0.2, 0) is 6.56 Å². The number of fused-ring (bicyclic) bond motifs is 1. The molecule has 0 radical (unpaired) electrons. The molecule has 0 aliphatic carbocycles. The van der Waals surface area contributed by atoms with Crippen molar-refractivity contribution in [2.24, 2.45) is 0 Å². The van der Waals surface area contributed by atoms with E-state index in [1.807, 2.05) is 0 Å². The summed E-state index contributed by atoms with van der Waals surface area (Å²) in [5, 5.41) is 13.7. The Balaban J connectivity index is 2.87. The van der Waals surface area contributed by atoms with Gasteiger partial charge in [-0.2, -0.15) is 0 Å². The Morgan fingerprint density at radius 2 is 2.46 bits per heavy atom. The maximum Gasteiger partial charge on any atom is 0.174 e. The number of rotatable bonds is 1. The van der Waals surface area contributed by atoms with Crippen molar-refractivity contribution < 1.29 is 12.4 Å². The molecule has 0 saturated heterocycles. The van der Waals surface area contributed by atoms with Gasteiger partial charge < -0.3 is 15.4 Å². The summed E-state index contributed by atoms with van der Waals surface area (Å²) in [6.45, 7) is -0.797. The number of aliphatic hydroxyl groups is 1. The topological polar surface area (TPSA) is 72.3 Å². The zero-order valence-corrected chi connectivity index (χ0v) is 7.03. The van der Waals surface area contributed by atoms with Crippen molar-refractivity contribution in [3.63, 3.8) is 0 Å². The summed E-state index contributed by atoms with van der Waals surface area (Å²) < 4.78 is 19.5. The van der Waals surface area contributed by atoms with E-state index in [1.165, 1.54) is 6.07 Å². The van der Waals surface area contributed by atoms with Crippen LogP contribution in [0.5, 0.6) is 0 Å². The van der Waals surface area contributed by atoms with Gasteiger partial charge in [0.25, 0.3) is 0 Å². The lowest BCUT2D eigenvalue weighted by molar-refractivity contribution is 0.281. The van der Waals surface area contributed by atoms with Gasteiger partial charge in [-0.05, 0) is 19.1 Å². The number of nitrogens with zero attached hydrogens (tertiary/aromatic N) is 1. The quantitative estimate of drug-likeness (QED) is 0.647. The predicted octanol–water partition coefficient (Wildman–Crippen LogP) is 1.21. The van der Waals surface area contributed by atoms with Gasteiger partial charge in [0.2, 0.25) is 0 Å². The predicted molar refractivity (Wildman–Crippen MR) is 49.1 cm³/mol. The molecular formula is C9H10N2O2. The Hall–Kier alpha value is -1.55. The number of anilines is 1. The lowest BCUT2D eigenvalue weighted by Gasteiger charge is -2.00. The second-order valence-corrected chi connectivity index (χ2v) is 2.79. The molecule has 0 bridgehead atoms. The van der Waals surface area contributed by atoms with Crippen LogP contribution in [0.3, 0.4) is 0 Å². The normalized spacial score (nSPS) is 14.3. The minimum Gasteiger partial charge on any atom is -0.398 e. The minimum atomic E-state index is -2.53. The molecule has 1 heterocycles. The van der Waals surface area contributed by atoms with Crippen molar-refractivity contribution in [3.8, 4) is 0 Å². The molecule has 4 heteroatoms. The number of nitrogen functional groups attached to an aromatic ring is 1. The molecule has 0 aliphatic heterocycles. The number of nitrogens with two attached hydrogens (primary N) is 1. The zero-order chi connectivity index (χ0) is 11.2. The molecule has 2 rings (SSSR count). The van der Waals surface area contributed by atoms with Crippen LogP contribution in [0.15, 0.2) is 16.7 Å². The Morgan fingerprint density at radius 1 is 1.69 bits per heavy atom. The van der Waals surface area contributed by atoms with Crippen LogP contribution in [-0.4, -0.2) is 10.3 Å². The van der Waals surface area contributed by atoms with E-state index < -0.39 is 6.56 Å². The second-order valence-electron chi connectivity index (χ2n) is 2.79. The van der Waals surface area contributed by atoms with Gasteiger partial charge in [0, 0.05) is 16.6 Å². The molecule has 0 amide bonds. The summed E-state index contributed by atoms with van der Waals surface area (Å²) in [5.74, 6) is 0. The third kappa shape index (κ3) is 1.07. The molecule has 4 nitrogen and oxygen atoms in total. The van der Waals surface area contributed by atoms with Gasteiger partial charge in [0.15, 0.2) is 5.58 Å². The monoisotopic (exact) mass is 180 g/mol. The van der Waals surface area contributed by atoms with Crippen LogP contribution in [0.4, 0.5) is 5.69 Å². The Kier molecular flexibility index (Phi) is 1.26. The molecule has 0 saturated carbocycles. The highest BCUT2D eigenvalue weighted by molar-refractivity contribution is 5.86. The van der Waals surface area contributed by atoms with Crippen molar-refractivity contribution in [3.05, 3.63) is 23.4 Å². The van der Waals surface area contributed by atoms with Crippen LogP contribution >= 0.6 is 0 Å². The maximum absolute atomic E-state index is 9.34. The molecule has 1 aromatic heterocycles. The van der Waals surface area contributed by atoms with Crippen LogP contribution in [0.2, 0.25) is 0 Å². The molecular weight excluding hydrogens is 168 g/mol. The fourth-order valence-corrected chi connectivity index (χ4v) is 1.26. The fourth-order valence-electron chi connectivity index (χ4n) is 1.26. The summed E-state index contributed by atoms with van der Waals surface area (Å²) in [7, 11) is 0. The Bertz CT molecular complexity index is 517. The SMILES string of the molecule is [2H]C([2H])(O)c1c(N)ccc2c(C)noc12. The minimum absolute atomic E-state index is 0.0689. The Labute approximate surface area is 77.8 Å². The summed E-state index contributed by atoms with van der Waals surface area (Å²) in [6, 6.07) is 3.21. The van der Waals surface area contributed by atoms with E-state index in [4.69, 9.17) is 13.0 Å². The molecule has 1 aromatic carbocycles. The number of hydrogen-bond acceptors (Lipinski definition) is 4. The van der Waals surface area contributed by atoms with Gasteiger partial charge >= 0.3 is 0 Å². The maximum atomic E-state index is 9.34. The summed E-state index contributed by atoms with van der Waals surface area (Å²) >= 11 is 0. The van der Waals surface area contributed by atoms with Crippen LogP contribution in [0.1, 0.15) is 14.0 Å². The standard InChI is InChI=1S/C9H10N2O2/c1-5-6-2-3-8(10)7(4-12)9(6)13-11-5/h2-3,12H,4,10H2,1H3/i4D2. The zero-order valence-electron chi connectivity index (χ0n) is 9.03. The average Bonchev–Trinajstić information content (AvgIpc) is 2.45. The van der Waals surface area contributed by atoms with Crippen LogP contribution < -0.4 is 5.73 Å². The third-order valence-corrected chi connectivity index (χ3v) is 1.97. The number of benzene rings is 1. The van der Waals surface area contributed by atoms with Crippen molar-refractivity contribution in [2.75, 3.05) is 5.73 Å². The summed E-state index contributed by atoms with van der Waals surface area (Å²) in [5.41, 5.74) is 6.50. The van der Waals surface area contributed by atoms with Gasteiger partial charge in [-0.1, -0.05) is 5.16 Å². The molecule has 3 N–H and O–H groups in total. The number of aromatic nitrogens is 1. The molecule has 68 valence electrons. The molecule has 0 spiro atoms. The molecule has 0 fully saturated rings. The first kappa shape index (κ1) is 5.99. The third-order valence-electron chi connectivity index (χ3n) is 1.97. The highest BCUT2D eigenvalue weighted by atomic mass is 16.5. The summed E-state index contributed by atoms with van der Waals surface area (Å²) in [6.07, 6.45) is 0. The highest BCUT2D eigenvalue weighted by Crippen LogP contribution is 2.26. The van der Waals surface area contributed by atoms with E-state index in [0.29, 0.717) is 11.1 Å². The molecule has 0 aliphatic rings. The van der Waals surface area contributed by atoms with E-state index >= 15 is 0 Å². The average molecular weight is 180 g/mol. The van der Waals surface area contributed by atoms with Gasteiger partial charge in [-0.3, -0.25) is 0 Å². The van der Waals surface area contributed by atoms with Crippen molar-refractivity contribution in [1.82, 2.24) is 5.16 Å². The van der Waals surface area contributed by atoms with E-state index in [-0.39, 0.29) is 16.8 Å². The van der Waals surface area contributed by atoms with E-state index in [9.17, 15) is 5.11 Å². The fraction of sp³-hybridized carbons (Fsp3) is 0.222. The van der Waals surface area contributed by atoms with Gasteiger partial charge in [0.05, 0.1) is 15.0 Å². The first-order chi connectivity index (χ1) is 6.91.